The van der Waals surface area contributed by atoms with Crippen LogP contribution in [0.25, 0.3) is 11.1 Å². The topological polar surface area (TPSA) is 63.3 Å². The summed E-state index contributed by atoms with van der Waals surface area (Å²) in [5.41, 5.74) is -4.18. The van der Waals surface area contributed by atoms with E-state index in [-0.39, 0.29) is 27.8 Å². The molecule has 2 aromatic rings. The van der Waals surface area contributed by atoms with Gasteiger partial charge in [-0.25, -0.2) is 9.78 Å². The molecule has 0 atom stereocenters. The Labute approximate surface area is 96.4 Å². The van der Waals surface area contributed by atoms with Crippen LogP contribution in [0.1, 0.15) is 10.7 Å². The number of aromatic carboxylic acids is 1. The number of aromatic nitrogens is 1. The van der Waals surface area contributed by atoms with Crippen LogP contribution in [0.15, 0.2) is 27.5 Å². The van der Waals surface area contributed by atoms with Crippen molar-refractivity contribution < 1.29 is 27.5 Å². The summed E-state index contributed by atoms with van der Waals surface area (Å²) in [5.74, 6) is -1.92. The molecule has 0 spiro atoms. The number of halogens is 3. The first-order valence-electron chi connectivity index (χ1n) is 4.25. The zero-order chi connectivity index (χ0) is 12.6. The van der Waals surface area contributed by atoms with Crippen LogP contribution < -0.4 is 0 Å². The second kappa shape index (κ2) is 3.95. The number of thioether (sulfide) groups is 1. The lowest BCUT2D eigenvalue weighted by molar-refractivity contribution is -0.0328. The summed E-state index contributed by atoms with van der Waals surface area (Å²) in [5, 5.41) is 8.60. The molecule has 8 heteroatoms. The number of alkyl halides is 3. The summed E-state index contributed by atoms with van der Waals surface area (Å²) in [6, 6.07) is 3.57. The van der Waals surface area contributed by atoms with Crippen molar-refractivity contribution in [3.63, 3.8) is 0 Å². The van der Waals surface area contributed by atoms with E-state index in [9.17, 15) is 18.0 Å². The van der Waals surface area contributed by atoms with Crippen LogP contribution in [-0.4, -0.2) is 21.6 Å². The first-order chi connectivity index (χ1) is 7.85. The van der Waals surface area contributed by atoms with E-state index in [1.165, 1.54) is 12.1 Å². The summed E-state index contributed by atoms with van der Waals surface area (Å²) in [6.07, 6.45) is 0. The minimum absolute atomic E-state index is 0.0739. The molecule has 0 bridgehead atoms. The second-order valence-corrected chi connectivity index (χ2v) is 4.14. The zero-order valence-corrected chi connectivity index (χ0v) is 8.80. The summed E-state index contributed by atoms with van der Waals surface area (Å²) in [4.78, 5) is 14.0. The van der Waals surface area contributed by atoms with Gasteiger partial charge in [-0.05, 0) is 30.0 Å². The van der Waals surface area contributed by atoms with Crippen LogP contribution in [0.2, 0.25) is 0 Å². The quantitative estimate of drug-likeness (QED) is 0.843. The fraction of sp³-hybridized carbons (Fsp3) is 0.111. The van der Waals surface area contributed by atoms with Crippen molar-refractivity contribution in [1.82, 2.24) is 4.98 Å². The number of rotatable bonds is 2. The highest BCUT2D eigenvalue weighted by molar-refractivity contribution is 8.00. The van der Waals surface area contributed by atoms with Gasteiger partial charge in [-0.1, -0.05) is 0 Å². The van der Waals surface area contributed by atoms with Gasteiger partial charge in [0.05, 0.1) is 0 Å². The molecule has 17 heavy (non-hydrogen) atoms. The van der Waals surface area contributed by atoms with Crippen molar-refractivity contribution in [3.8, 4) is 0 Å². The molecular weight excluding hydrogens is 259 g/mol. The number of hydrogen-bond donors (Lipinski definition) is 1. The smallest absolute Gasteiger partial charge is 0.446 e. The van der Waals surface area contributed by atoms with Gasteiger partial charge in [-0.15, -0.1) is 0 Å². The molecule has 1 N–H and O–H groups in total. The molecule has 4 nitrogen and oxygen atoms in total. The van der Waals surface area contributed by atoms with Gasteiger partial charge in [-0.3, -0.25) is 0 Å². The third kappa shape index (κ3) is 2.70. The van der Waals surface area contributed by atoms with Gasteiger partial charge in [0.1, 0.15) is 5.52 Å². The van der Waals surface area contributed by atoms with Gasteiger partial charge in [0, 0.05) is 4.90 Å². The molecule has 0 aliphatic rings. The van der Waals surface area contributed by atoms with E-state index in [0.717, 1.165) is 6.07 Å². The van der Waals surface area contributed by atoms with Gasteiger partial charge in [0.15, 0.2) is 5.58 Å². The maximum Gasteiger partial charge on any atom is 0.446 e. The van der Waals surface area contributed by atoms with Gasteiger partial charge in [-0.2, -0.15) is 13.2 Å². The molecule has 2 rings (SSSR count). The van der Waals surface area contributed by atoms with E-state index in [0.29, 0.717) is 0 Å². The number of carbonyl (C=O) groups is 1. The Kier molecular flexibility index (Phi) is 2.74. The Hall–Kier alpha value is -1.70. The van der Waals surface area contributed by atoms with Crippen LogP contribution in [0.4, 0.5) is 13.2 Å². The highest BCUT2D eigenvalue weighted by Gasteiger charge is 2.29. The van der Waals surface area contributed by atoms with Gasteiger partial charge >= 0.3 is 17.4 Å². The summed E-state index contributed by atoms with van der Waals surface area (Å²) < 4.78 is 41.1. The molecule has 0 radical (unpaired) electrons. The fourth-order valence-electron chi connectivity index (χ4n) is 1.20. The molecule has 0 saturated carbocycles. The van der Waals surface area contributed by atoms with E-state index in [1.807, 2.05) is 0 Å². The van der Waals surface area contributed by atoms with Crippen LogP contribution in [0, 0.1) is 0 Å². The van der Waals surface area contributed by atoms with E-state index in [2.05, 4.69) is 4.98 Å². The average molecular weight is 263 g/mol. The summed E-state index contributed by atoms with van der Waals surface area (Å²) in [7, 11) is 0. The van der Waals surface area contributed by atoms with Crippen molar-refractivity contribution in [2.75, 3.05) is 0 Å². The van der Waals surface area contributed by atoms with Crippen LogP contribution in [0.5, 0.6) is 0 Å². The molecule has 0 aliphatic heterocycles. The highest BCUT2D eigenvalue weighted by atomic mass is 32.2. The summed E-state index contributed by atoms with van der Waals surface area (Å²) in [6.45, 7) is 0. The molecule has 1 heterocycles. The lowest BCUT2D eigenvalue weighted by atomic mass is 10.3. The third-order valence-corrected chi connectivity index (χ3v) is 2.50. The average Bonchev–Trinajstić information content (AvgIpc) is 2.57. The summed E-state index contributed by atoms with van der Waals surface area (Å²) >= 11 is -0.296. The van der Waals surface area contributed by atoms with Crippen molar-refractivity contribution in [1.29, 1.82) is 0 Å². The lowest BCUT2D eigenvalue weighted by Crippen LogP contribution is -1.98. The van der Waals surface area contributed by atoms with Gasteiger partial charge in [0.2, 0.25) is 0 Å². The Balaban J connectivity index is 2.40. The van der Waals surface area contributed by atoms with Crippen LogP contribution >= 0.6 is 11.8 Å². The number of hydrogen-bond acceptors (Lipinski definition) is 4. The molecule has 0 fully saturated rings. The first-order valence-corrected chi connectivity index (χ1v) is 5.06. The largest absolute Gasteiger partial charge is 0.474 e. The number of carboxylic acid groups (broad SMARTS) is 1. The maximum atomic E-state index is 12.1. The monoisotopic (exact) mass is 263 g/mol. The molecule has 1 aromatic heterocycles. The zero-order valence-electron chi connectivity index (χ0n) is 7.99. The maximum absolute atomic E-state index is 12.1. The Morgan fingerprint density at radius 3 is 2.71 bits per heavy atom. The minimum atomic E-state index is -4.40. The normalized spacial score (nSPS) is 11.9. The Morgan fingerprint density at radius 2 is 2.12 bits per heavy atom. The Bertz CT molecular complexity index is 578. The number of benzene rings is 1. The lowest BCUT2D eigenvalue weighted by Gasteiger charge is -2.04. The van der Waals surface area contributed by atoms with Crippen molar-refractivity contribution in [2.24, 2.45) is 0 Å². The van der Waals surface area contributed by atoms with Crippen molar-refractivity contribution in [3.05, 3.63) is 24.1 Å². The molecule has 0 aliphatic carbocycles. The standard InChI is InChI=1S/C9H4F3NO3S/c10-9(11,12)17-4-1-2-6-5(3-4)13-7(16-6)8(14)15/h1-3H,(H,14,15). The van der Waals surface area contributed by atoms with Crippen molar-refractivity contribution in [2.45, 2.75) is 10.4 Å². The van der Waals surface area contributed by atoms with Gasteiger partial charge < -0.3 is 9.52 Å². The van der Waals surface area contributed by atoms with Gasteiger partial charge in [0.25, 0.3) is 0 Å². The molecule has 1 aromatic carbocycles. The third-order valence-electron chi connectivity index (χ3n) is 1.78. The predicted octanol–water partition coefficient (Wildman–Crippen LogP) is 3.14. The number of oxazole rings is 1. The fourth-order valence-corrected chi connectivity index (χ4v) is 1.77. The SMILES string of the molecule is O=C(O)c1nc2cc(SC(F)(F)F)ccc2o1. The predicted molar refractivity (Wildman–Crippen MR) is 52.9 cm³/mol. The molecule has 0 unspecified atom stereocenters. The number of fused-ring (bicyclic) bond motifs is 1. The minimum Gasteiger partial charge on any atom is -0.474 e. The molecule has 0 saturated heterocycles. The molecule has 0 amide bonds. The molecular formula is C9H4F3NO3S. The highest BCUT2D eigenvalue weighted by Crippen LogP contribution is 2.37. The van der Waals surface area contributed by atoms with E-state index in [1.54, 1.807) is 0 Å². The Morgan fingerprint density at radius 1 is 1.41 bits per heavy atom. The van der Waals surface area contributed by atoms with Crippen LogP contribution in [0.3, 0.4) is 0 Å². The number of carboxylic acids is 1. The van der Waals surface area contributed by atoms with E-state index in [4.69, 9.17) is 9.52 Å². The van der Waals surface area contributed by atoms with Crippen LogP contribution in [-0.2, 0) is 0 Å². The second-order valence-electron chi connectivity index (χ2n) is 3.00. The van der Waals surface area contributed by atoms with Crippen molar-refractivity contribution >= 4 is 28.8 Å². The van der Waals surface area contributed by atoms with E-state index < -0.39 is 17.4 Å². The van der Waals surface area contributed by atoms with E-state index >= 15 is 0 Å². The first kappa shape index (κ1) is 11.8. The number of nitrogens with zero attached hydrogens (tertiary/aromatic N) is 1. The molecule has 90 valence electrons.